The van der Waals surface area contributed by atoms with Crippen molar-refractivity contribution in [1.82, 2.24) is 10.2 Å². The van der Waals surface area contributed by atoms with Crippen molar-refractivity contribution in [2.24, 2.45) is 0 Å². The lowest BCUT2D eigenvalue weighted by atomic mass is 10.2. The second-order valence-corrected chi connectivity index (χ2v) is 5.98. The maximum Gasteiger partial charge on any atom is 0.262 e. The van der Waals surface area contributed by atoms with Crippen LogP contribution in [0.5, 0.6) is 5.75 Å². The molecule has 6 heteroatoms. The predicted molar refractivity (Wildman–Crippen MR) is 99.0 cm³/mol. The third-order valence-electron chi connectivity index (χ3n) is 3.74. The van der Waals surface area contributed by atoms with E-state index in [2.05, 4.69) is 22.4 Å². The van der Waals surface area contributed by atoms with Crippen LogP contribution in [-0.2, 0) is 11.2 Å². The minimum atomic E-state index is -0.209. The number of ether oxygens (including phenoxy) is 1. The molecule has 134 valence electrons. The number of nitrogens with zero attached hydrogens (tertiary/aromatic N) is 2. The molecule has 0 bridgehead atoms. The molecule has 0 unspecified atom stereocenters. The van der Waals surface area contributed by atoms with E-state index in [9.17, 15) is 4.79 Å². The Morgan fingerprint density at radius 2 is 1.81 bits per heavy atom. The molecule has 2 aromatic carbocycles. The number of nitrogens with one attached hydrogen (secondary N) is 1. The van der Waals surface area contributed by atoms with Crippen molar-refractivity contribution >= 4 is 11.6 Å². The molecule has 1 aromatic heterocycles. The zero-order valence-electron chi connectivity index (χ0n) is 14.9. The molecule has 0 atom stereocenters. The smallest absolute Gasteiger partial charge is 0.262 e. The lowest BCUT2D eigenvalue weighted by molar-refractivity contribution is -0.118. The van der Waals surface area contributed by atoms with E-state index < -0.39 is 0 Å². The number of hydrogen-bond acceptors (Lipinski definition) is 5. The zero-order chi connectivity index (χ0) is 18.4. The van der Waals surface area contributed by atoms with E-state index >= 15 is 0 Å². The van der Waals surface area contributed by atoms with Gasteiger partial charge in [-0.2, -0.15) is 0 Å². The van der Waals surface area contributed by atoms with Crippen molar-refractivity contribution in [2.45, 2.75) is 26.7 Å². The number of aryl methyl sites for hydroxylation is 2. The number of benzene rings is 2. The molecule has 0 saturated carbocycles. The van der Waals surface area contributed by atoms with Gasteiger partial charge in [-0.25, -0.2) is 0 Å². The highest BCUT2D eigenvalue weighted by Gasteiger charge is 2.09. The van der Waals surface area contributed by atoms with Gasteiger partial charge in [-0.1, -0.05) is 24.6 Å². The molecule has 1 amide bonds. The van der Waals surface area contributed by atoms with E-state index in [1.54, 1.807) is 12.1 Å². The van der Waals surface area contributed by atoms with Crippen molar-refractivity contribution < 1.29 is 13.9 Å². The van der Waals surface area contributed by atoms with Crippen LogP contribution in [0.4, 0.5) is 5.69 Å². The third-order valence-corrected chi connectivity index (χ3v) is 3.74. The number of amides is 1. The number of hydrogen-bond donors (Lipinski definition) is 1. The number of rotatable bonds is 7. The molecule has 3 rings (SSSR count). The van der Waals surface area contributed by atoms with Crippen molar-refractivity contribution in [3.05, 3.63) is 60.0 Å². The SMILES string of the molecule is CCCc1nnc(-c2ccc(OCC(=O)Nc3ccc(C)cc3)cc2)o1. The Bertz CT molecular complexity index is 855. The number of aromatic nitrogens is 2. The summed E-state index contributed by atoms with van der Waals surface area (Å²) >= 11 is 0. The molecule has 0 aliphatic heterocycles. The molecular weight excluding hydrogens is 330 g/mol. The highest BCUT2D eigenvalue weighted by Crippen LogP contribution is 2.21. The average molecular weight is 351 g/mol. The maximum absolute atomic E-state index is 12.0. The molecule has 0 fully saturated rings. The Labute approximate surface area is 152 Å². The van der Waals surface area contributed by atoms with Gasteiger partial charge in [0.15, 0.2) is 6.61 Å². The highest BCUT2D eigenvalue weighted by molar-refractivity contribution is 5.91. The minimum absolute atomic E-state index is 0.0611. The molecule has 0 spiro atoms. The lowest BCUT2D eigenvalue weighted by Gasteiger charge is -2.08. The first kappa shape index (κ1) is 17.7. The standard InChI is InChI=1S/C20H21N3O3/c1-3-4-19-22-23-20(26-19)15-7-11-17(12-8-15)25-13-18(24)21-16-9-5-14(2)6-10-16/h5-12H,3-4,13H2,1-2H3,(H,21,24). The second kappa shape index (κ2) is 8.29. The monoisotopic (exact) mass is 351 g/mol. The van der Waals surface area contributed by atoms with Crippen LogP contribution in [-0.4, -0.2) is 22.7 Å². The Balaban J connectivity index is 1.53. The topological polar surface area (TPSA) is 77.2 Å². The van der Waals surface area contributed by atoms with Crippen LogP contribution in [0.1, 0.15) is 24.8 Å². The van der Waals surface area contributed by atoms with E-state index in [1.807, 2.05) is 43.3 Å². The summed E-state index contributed by atoms with van der Waals surface area (Å²) in [5.41, 5.74) is 2.71. The van der Waals surface area contributed by atoms with Crippen molar-refractivity contribution in [3.63, 3.8) is 0 Å². The Hall–Kier alpha value is -3.15. The van der Waals surface area contributed by atoms with Gasteiger partial charge in [-0.3, -0.25) is 4.79 Å². The fourth-order valence-corrected chi connectivity index (χ4v) is 2.36. The first-order valence-corrected chi connectivity index (χ1v) is 8.56. The Kier molecular flexibility index (Phi) is 5.63. The molecule has 0 radical (unpaired) electrons. The summed E-state index contributed by atoms with van der Waals surface area (Å²) in [6, 6.07) is 14.8. The van der Waals surface area contributed by atoms with Crippen LogP contribution in [0.15, 0.2) is 52.9 Å². The predicted octanol–water partition coefficient (Wildman–Crippen LogP) is 4.02. The van der Waals surface area contributed by atoms with Crippen LogP contribution < -0.4 is 10.1 Å². The third kappa shape index (κ3) is 4.69. The van der Waals surface area contributed by atoms with Crippen LogP contribution in [0.25, 0.3) is 11.5 Å². The number of carbonyl (C=O) groups excluding carboxylic acids is 1. The van der Waals surface area contributed by atoms with Crippen molar-refractivity contribution in [1.29, 1.82) is 0 Å². The average Bonchev–Trinajstić information content (AvgIpc) is 3.11. The summed E-state index contributed by atoms with van der Waals surface area (Å²) in [4.78, 5) is 12.0. The molecule has 1 heterocycles. The quantitative estimate of drug-likeness (QED) is 0.696. The normalized spacial score (nSPS) is 10.5. The van der Waals surface area contributed by atoms with Crippen LogP contribution in [0, 0.1) is 6.92 Å². The number of carbonyl (C=O) groups is 1. The van der Waals surface area contributed by atoms with Crippen molar-refractivity contribution in [3.8, 4) is 17.2 Å². The van der Waals surface area contributed by atoms with Gasteiger partial charge in [0.1, 0.15) is 5.75 Å². The van der Waals surface area contributed by atoms with Crippen LogP contribution in [0.2, 0.25) is 0 Å². The maximum atomic E-state index is 12.0. The summed E-state index contributed by atoms with van der Waals surface area (Å²) in [6.07, 6.45) is 1.73. The molecule has 26 heavy (non-hydrogen) atoms. The van der Waals surface area contributed by atoms with E-state index in [-0.39, 0.29) is 12.5 Å². The van der Waals surface area contributed by atoms with Gasteiger partial charge in [0, 0.05) is 17.7 Å². The molecule has 0 aliphatic carbocycles. The Morgan fingerprint density at radius 3 is 2.50 bits per heavy atom. The summed E-state index contributed by atoms with van der Waals surface area (Å²) in [6.45, 7) is 4.00. The molecule has 6 nitrogen and oxygen atoms in total. The molecular formula is C20H21N3O3. The van der Waals surface area contributed by atoms with Gasteiger partial charge in [0.05, 0.1) is 0 Å². The summed E-state index contributed by atoms with van der Waals surface area (Å²) in [5, 5.41) is 10.8. The lowest BCUT2D eigenvalue weighted by Crippen LogP contribution is -2.20. The molecule has 0 aliphatic rings. The van der Waals surface area contributed by atoms with Gasteiger partial charge in [0.2, 0.25) is 11.8 Å². The van der Waals surface area contributed by atoms with Gasteiger partial charge >= 0.3 is 0 Å². The fraction of sp³-hybridized carbons (Fsp3) is 0.250. The van der Waals surface area contributed by atoms with E-state index in [4.69, 9.17) is 9.15 Å². The van der Waals surface area contributed by atoms with Crippen LogP contribution >= 0.6 is 0 Å². The summed E-state index contributed by atoms with van der Waals surface area (Å²) in [5.74, 6) is 1.51. The summed E-state index contributed by atoms with van der Waals surface area (Å²) < 4.78 is 11.1. The first-order valence-electron chi connectivity index (χ1n) is 8.56. The van der Waals surface area contributed by atoms with Crippen molar-refractivity contribution in [2.75, 3.05) is 11.9 Å². The molecule has 0 saturated heterocycles. The van der Waals surface area contributed by atoms with Gasteiger partial charge in [-0.05, 0) is 49.7 Å². The second-order valence-electron chi connectivity index (χ2n) is 5.98. The fourth-order valence-electron chi connectivity index (χ4n) is 2.36. The van der Waals surface area contributed by atoms with E-state index in [0.717, 1.165) is 29.7 Å². The molecule has 1 N–H and O–H groups in total. The van der Waals surface area contributed by atoms with Gasteiger partial charge in [-0.15, -0.1) is 10.2 Å². The number of anilines is 1. The van der Waals surface area contributed by atoms with E-state index in [1.165, 1.54) is 0 Å². The largest absolute Gasteiger partial charge is 0.484 e. The Morgan fingerprint density at radius 1 is 1.08 bits per heavy atom. The summed E-state index contributed by atoms with van der Waals surface area (Å²) in [7, 11) is 0. The van der Waals surface area contributed by atoms with Crippen LogP contribution in [0.3, 0.4) is 0 Å². The van der Waals surface area contributed by atoms with Gasteiger partial charge < -0.3 is 14.5 Å². The molecule has 3 aromatic rings. The van der Waals surface area contributed by atoms with E-state index in [0.29, 0.717) is 17.5 Å². The van der Waals surface area contributed by atoms with Gasteiger partial charge in [0.25, 0.3) is 5.91 Å². The minimum Gasteiger partial charge on any atom is -0.484 e. The zero-order valence-corrected chi connectivity index (χ0v) is 14.9. The first-order chi connectivity index (χ1) is 12.6. The highest BCUT2D eigenvalue weighted by atomic mass is 16.5.